The number of H-pyrrole nitrogens is 1. The third-order valence-corrected chi connectivity index (χ3v) is 8.43. The van der Waals surface area contributed by atoms with E-state index in [0.717, 1.165) is 42.7 Å². The van der Waals surface area contributed by atoms with Crippen LogP contribution in [0.15, 0.2) is 83.7 Å². The number of nitrogens with zero attached hydrogens (tertiary/aromatic N) is 1. The summed E-state index contributed by atoms with van der Waals surface area (Å²) in [7, 11) is 0. The van der Waals surface area contributed by atoms with Gasteiger partial charge in [0.05, 0.1) is 18.2 Å². The molecule has 1 atom stereocenters. The number of carboxylic acids is 1. The highest BCUT2D eigenvalue weighted by Crippen LogP contribution is 2.35. The van der Waals surface area contributed by atoms with E-state index >= 15 is 0 Å². The van der Waals surface area contributed by atoms with Crippen molar-refractivity contribution in [1.29, 1.82) is 0 Å². The molecule has 1 saturated heterocycles. The molecule has 0 aliphatic carbocycles. The zero-order valence-corrected chi connectivity index (χ0v) is 25.1. The van der Waals surface area contributed by atoms with Gasteiger partial charge in [0, 0.05) is 37.5 Å². The van der Waals surface area contributed by atoms with Crippen LogP contribution in [0.2, 0.25) is 0 Å². The first kappa shape index (κ1) is 31.7. The number of carbonyl (C=O) groups is 2. The van der Waals surface area contributed by atoms with Crippen LogP contribution >= 0.6 is 0 Å². The average Bonchev–Trinajstić information content (AvgIpc) is 3.02. The van der Waals surface area contributed by atoms with Crippen LogP contribution in [-0.4, -0.2) is 69.9 Å². The maximum atomic E-state index is 12.7. The molecular formula is C35H39N3O7. The number of aromatic nitrogens is 1. The van der Waals surface area contributed by atoms with Crippen molar-refractivity contribution in [2.75, 3.05) is 32.8 Å². The SMILES string of the molecule is O=C(CCc1ccc(OCCCCCNC[C@H](O)c2ccc(O)c3[nH]c(=O)ccc23)cc1)N1CC(C(=O)O)(c2ccccc2)C1. The lowest BCUT2D eigenvalue weighted by molar-refractivity contribution is -0.156. The number of aliphatic carboxylic acids is 1. The van der Waals surface area contributed by atoms with Gasteiger partial charge in [0.2, 0.25) is 11.5 Å². The summed E-state index contributed by atoms with van der Waals surface area (Å²) in [6, 6.07) is 22.9. The molecule has 45 heavy (non-hydrogen) atoms. The number of phenols is 1. The summed E-state index contributed by atoms with van der Waals surface area (Å²) in [5.74, 6) is -0.207. The van der Waals surface area contributed by atoms with Crippen molar-refractivity contribution in [2.24, 2.45) is 0 Å². The number of carbonyl (C=O) groups excluding carboxylic acids is 1. The van der Waals surface area contributed by atoms with Crippen LogP contribution in [0.3, 0.4) is 0 Å². The first-order valence-electron chi connectivity index (χ1n) is 15.3. The second-order valence-electron chi connectivity index (χ2n) is 11.6. The van der Waals surface area contributed by atoms with E-state index in [1.165, 1.54) is 12.1 Å². The predicted octanol–water partition coefficient (Wildman–Crippen LogP) is 3.90. The van der Waals surface area contributed by atoms with Crippen LogP contribution in [0.25, 0.3) is 10.9 Å². The van der Waals surface area contributed by atoms with Gasteiger partial charge >= 0.3 is 5.97 Å². The Morgan fingerprint density at radius 3 is 2.44 bits per heavy atom. The summed E-state index contributed by atoms with van der Waals surface area (Å²) in [6.07, 6.45) is 2.87. The maximum Gasteiger partial charge on any atom is 0.317 e. The minimum Gasteiger partial charge on any atom is -0.506 e. The topological polar surface area (TPSA) is 152 Å². The third kappa shape index (κ3) is 7.53. The predicted molar refractivity (Wildman–Crippen MR) is 171 cm³/mol. The fourth-order valence-electron chi connectivity index (χ4n) is 5.76. The fourth-order valence-corrected chi connectivity index (χ4v) is 5.76. The number of aryl methyl sites for hydroxylation is 1. The summed E-state index contributed by atoms with van der Waals surface area (Å²) in [6.45, 7) is 2.05. The zero-order chi connectivity index (χ0) is 31.8. The summed E-state index contributed by atoms with van der Waals surface area (Å²) in [4.78, 5) is 40.5. The number of aromatic amines is 1. The highest BCUT2D eigenvalue weighted by atomic mass is 16.5. The van der Waals surface area contributed by atoms with Gasteiger partial charge < -0.3 is 35.3 Å². The van der Waals surface area contributed by atoms with Gasteiger partial charge in [-0.05, 0) is 73.2 Å². The quantitative estimate of drug-likeness (QED) is 0.127. The van der Waals surface area contributed by atoms with Crippen LogP contribution in [0.1, 0.15) is 48.5 Å². The number of hydrogen-bond acceptors (Lipinski definition) is 7. The summed E-state index contributed by atoms with van der Waals surface area (Å²) < 4.78 is 5.86. The van der Waals surface area contributed by atoms with Crippen molar-refractivity contribution in [3.63, 3.8) is 0 Å². The lowest BCUT2D eigenvalue weighted by Crippen LogP contribution is -2.65. The van der Waals surface area contributed by atoms with E-state index in [9.17, 15) is 29.7 Å². The van der Waals surface area contributed by atoms with Gasteiger partial charge in [0.1, 0.15) is 16.9 Å². The van der Waals surface area contributed by atoms with Gasteiger partial charge in [-0.3, -0.25) is 14.4 Å². The normalized spacial score (nSPS) is 14.6. The fraction of sp³-hybridized carbons (Fsp3) is 0.343. The molecule has 5 rings (SSSR count). The van der Waals surface area contributed by atoms with Crippen molar-refractivity contribution >= 4 is 22.8 Å². The number of rotatable bonds is 15. The number of aliphatic hydroxyl groups excluding tert-OH is 1. The molecule has 4 aromatic rings. The molecule has 1 fully saturated rings. The number of hydrogen-bond donors (Lipinski definition) is 5. The number of fused-ring (bicyclic) bond motifs is 1. The Morgan fingerprint density at radius 2 is 1.71 bits per heavy atom. The second kappa shape index (κ2) is 14.4. The number of benzene rings is 3. The summed E-state index contributed by atoms with van der Waals surface area (Å²) >= 11 is 0. The van der Waals surface area contributed by atoms with E-state index < -0.39 is 17.5 Å². The van der Waals surface area contributed by atoms with Gasteiger partial charge in [0.15, 0.2) is 0 Å². The zero-order valence-electron chi connectivity index (χ0n) is 25.1. The van der Waals surface area contributed by atoms with E-state index in [0.29, 0.717) is 42.5 Å². The number of amides is 1. The summed E-state index contributed by atoms with van der Waals surface area (Å²) in [5.41, 5.74) is 1.37. The number of aromatic hydroxyl groups is 1. The Morgan fingerprint density at radius 1 is 0.956 bits per heavy atom. The molecule has 1 aliphatic rings. The maximum absolute atomic E-state index is 12.7. The minimum atomic E-state index is -1.02. The van der Waals surface area contributed by atoms with Crippen LogP contribution in [0.4, 0.5) is 0 Å². The van der Waals surface area contributed by atoms with Gasteiger partial charge in [-0.2, -0.15) is 0 Å². The van der Waals surface area contributed by atoms with Crippen LogP contribution in [0, 0.1) is 0 Å². The largest absolute Gasteiger partial charge is 0.506 e. The monoisotopic (exact) mass is 613 g/mol. The van der Waals surface area contributed by atoms with E-state index in [1.807, 2.05) is 42.5 Å². The molecular weight excluding hydrogens is 574 g/mol. The molecule has 0 bridgehead atoms. The van der Waals surface area contributed by atoms with Crippen molar-refractivity contribution in [2.45, 2.75) is 43.6 Å². The highest BCUT2D eigenvalue weighted by molar-refractivity contribution is 5.88. The Hall–Kier alpha value is -4.67. The molecule has 1 aliphatic heterocycles. The lowest BCUT2D eigenvalue weighted by Gasteiger charge is -2.47. The Bertz CT molecular complexity index is 1660. The Balaban J connectivity index is 0.951. The third-order valence-electron chi connectivity index (χ3n) is 8.43. The molecule has 0 saturated carbocycles. The minimum absolute atomic E-state index is 0.0325. The Kier molecular flexibility index (Phi) is 10.2. The number of aliphatic hydroxyl groups is 1. The van der Waals surface area contributed by atoms with E-state index in [-0.39, 0.29) is 30.3 Å². The van der Waals surface area contributed by atoms with Gasteiger partial charge in [-0.25, -0.2) is 0 Å². The van der Waals surface area contributed by atoms with Crippen LogP contribution in [-0.2, 0) is 21.4 Å². The molecule has 1 aromatic heterocycles. The van der Waals surface area contributed by atoms with Crippen molar-refractivity contribution in [3.05, 3.63) is 106 Å². The molecule has 0 spiro atoms. The molecule has 1 amide bonds. The summed E-state index contributed by atoms with van der Waals surface area (Å²) in [5, 5.41) is 34.4. The molecule has 0 radical (unpaired) electrons. The van der Waals surface area contributed by atoms with Crippen molar-refractivity contribution in [3.8, 4) is 11.5 Å². The molecule has 0 unspecified atom stereocenters. The van der Waals surface area contributed by atoms with Gasteiger partial charge in [-0.15, -0.1) is 0 Å². The molecule has 5 N–H and O–H groups in total. The van der Waals surface area contributed by atoms with E-state index in [1.54, 1.807) is 29.2 Å². The van der Waals surface area contributed by atoms with E-state index in [4.69, 9.17) is 4.74 Å². The highest BCUT2D eigenvalue weighted by Gasteiger charge is 2.52. The lowest BCUT2D eigenvalue weighted by atomic mass is 9.73. The molecule has 2 heterocycles. The van der Waals surface area contributed by atoms with Crippen LogP contribution in [0.5, 0.6) is 11.5 Å². The number of pyridine rings is 1. The molecule has 236 valence electrons. The standard InChI is InChI=1S/C35H39N3O7/c39-29-16-14-27(28-15-17-31(41)37-33(28)29)30(40)21-36-19-5-2-6-20-45-26-12-9-24(10-13-26)11-18-32(42)38-22-35(23-38,34(43)44)25-7-3-1-4-8-25/h1,3-4,7-10,12-17,30,36,39-40H,2,5-6,11,18-23H2,(H,37,41)(H,43,44)/t30-/m0/s1. The van der Waals surface area contributed by atoms with Crippen LogP contribution < -0.4 is 15.6 Å². The van der Waals surface area contributed by atoms with Gasteiger partial charge in [0.25, 0.3) is 0 Å². The van der Waals surface area contributed by atoms with Crippen molar-refractivity contribution < 1.29 is 29.6 Å². The van der Waals surface area contributed by atoms with Gasteiger partial charge in [-0.1, -0.05) is 48.5 Å². The number of ether oxygens (including phenoxy) is 1. The smallest absolute Gasteiger partial charge is 0.317 e. The molecule has 10 heteroatoms. The first-order valence-corrected chi connectivity index (χ1v) is 15.3. The number of likely N-dealkylation sites (tertiary alicyclic amines) is 1. The Labute approximate surface area is 261 Å². The first-order chi connectivity index (χ1) is 21.8. The number of unbranched alkanes of at least 4 members (excludes halogenated alkanes) is 2. The molecule has 10 nitrogen and oxygen atoms in total. The second-order valence-corrected chi connectivity index (χ2v) is 11.6. The number of nitrogens with one attached hydrogen (secondary N) is 2. The number of phenolic OH excluding ortho intramolecular Hbond substituents is 1. The van der Waals surface area contributed by atoms with E-state index in [2.05, 4.69) is 10.3 Å². The van der Waals surface area contributed by atoms with Crippen molar-refractivity contribution in [1.82, 2.24) is 15.2 Å². The average molecular weight is 614 g/mol. The molecule has 3 aromatic carbocycles. The number of carboxylic acid groups (broad SMARTS) is 1.